The Morgan fingerprint density at radius 1 is 1.44 bits per heavy atom. The molecule has 1 saturated carbocycles. The summed E-state index contributed by atoms with van der Waals surface area (Å²) in [7, 11) is 2.20. The first-order valence-electron chi connectivity index (χ1n) is 8.89. The molecule has 1 aliphatic heterocycles. The highest BCUT2D eigenvalue weighted by Crippen LogP contribution is 2.56. The molecule has 3 heterocycles. The van der Waals surface area contributed by atoms with Crippen LogP contribution in [0.4, 0.5) is 0 Å². The maximum absolute atomic E-state index is 12.7. The number of nitrogens with zero attached hydrogens (tertiary/aromatic N) is 6. The van der Waals surface area contributed by atoms with Crippen LogP contribution in [0.2, 0.25) is 0 Å². The van der Waals surface area contributed by atoms with Crippen LogP contribution in [0.25, 0.3) is 0 Å². The highest BCUT2D eigenvalue weighted by Gasteiger charge is 2.56. The molecule has 0 radical (unpaired) electrons. The molecule has 0 bridgehead atoms. The van der Waals surface area contributed by atoms with E-state index in [1.165, 1.54) is 11.4 Å². The van der Waals surface area contributed by atoms with Gasteiger partial charge in [-0.15, -0.1) is 16.4 Å². The van der Waals surface area contributed by atoms with Crippen LogP contribution in [0.3, 0.4) is 0 Å². The molecule has 2 aliphatic rings. The number of piperidine rings is 1. The summed E-state index contributed by atoms with van der Waals surface area (Å²) >= 11 is 1.72. The fourth-order valence-corrected chi connectivity index (χ4v) is 4.79. The Bertz CT molecular complexity index is 734. The van der Waals surface area contributed by atoms with Gasteiger partial charge in [0.2, 0.25) is 0 Å². The minimum atomic E-state index is 0.0649. The molecular weight excluding hydrogens is 336 g/mol. The van der Waals surface area contributed by atoms with Crippen molar-refractivity contribution in [3.05, 3.63) is 28.5 Å². The van der Waals surface area contributed by atoms with Crippen LogP contribution in [0.15, 0.2) is 17.8 Å². The molecule has 2 aromatic rings. The van der Waals surface area contributed by atoms with Crippen molar-refractivity contribution < 1.29 is 4.79 Å². The van der Waals surface area contributed by atoms with E-state index in [4.69, 9.17) is 0 Å². The number of hydrogen-bond donors (Lipinski definition) is 0. The number of thiazole rings is 1. The zero-order chi connectivity index (χ0) is 17.4. The summed E-state index contributed by atoms with van der Waals surface area (Å²) in [6.45, 7) is 5.23. The van der Waals surface area contributed by atoms with Crippen molar-refractivity contribution in [2.45, 2.75) is 45.3 Å². The van der Waals surface area contributed by atoms with Gasteiger partial charge in [0.25, 0.3) is 5.91 Å². The molecule has 2 fully saturated rings. The van der Waals surface area contributed by atoms with Crippen LogP contribution in [0, 0.1) is 5.41 Å². The summed E-state index contributed by atoms with van der Waals surface area (Å²) < 4.78 is 1.68. The summed E-state index contributed by atoms with van der Waals surface area (Å²) in [6, 6.07) is 0.622. The molecular formula is C17H24N6OS. The number of amides is 1. The third-order valence-corrected chi connectivity index (χ3v) is 6.49. The van der Waals surface area contributed by atoms with Crippen molar-refractivity contribution in [3.8, 4) is 0 Å². The molecule has 1 saturated heterocycles. The molecule has 1 amide bonds. The Labute approximate surface area is 151 Å². The number of aromatic nitrogens is 4. The number of carbonyl (C=O) groups excluding carboxylic acids is 1. The fourth-order valence-electron chi connectivity index (χ4n) is 4.12. The molecule has 8 heteroatoms. The topological polar surface area (TPSA) is 67.2 Å². The van der Waals surface area contributed by atoms with E-state index in [2.05, 4.69) is 27.2 Å². The predicted molar refractivity (Wildman–Crippen MR) is 95.3 cm³/mol. The van der Waals surface area contributed by atoms with E-state index >= 15 is 0 Å². The highest BCUT2D eigenvalue weighted by atomic mass is 32.1. The van der Waals surface area contributed by atoms with Gasteiger partial charge in [-0.05, 0) is 38.6 Å². The smallest absolute Gasteiger partial charge is 0.273 e. The van der Waals surface area contributed by atoms with Gasteiger partial charge in [0.15, 0.2) is 0 Å². The standard InChI is InChI=1S/C17H24N6OS/c1-3-23-13(11-19-20-23)16(24)22-7-4-17(5-8-22)10-14(17)21(2)12-15-18-6-9-25-15/h6,9,11,14H,3-5,7-8,10,12H2,1-2H3. The molecule has 0 N–H and O–H groups in total. The molecule has 134 valence electrons. The monoisotopic (exact) mass is 360 g/mol. The van der Waals surface area contributed by atoms with Gasteiger partial charge in [-0.25, -0.2) is 9.67 Å². The van der Waals surface area contributed by atoms with Gasteiger partial charge < -0.3 is 4.90 Å². The van der Waals surface area contributed by atoms with Gasteiger partial charge in [-0.3, -0.25) is 9.69 Å². The van der Waals surface area contributed by atoms with E-state index in [9.17, 15) is 4.79 Å². The second kappa shape index (κ2) is 6.49. The van der Waals surface area contributed by atoms with E-state index in [1.54, 1.807) is 22.2 Å². The molecule has 0 aromatic carbocycles. The number of likely N-dealkylation sites (tertiary alicyclic amines) is 1. The van der Waals surface area contributed by atoms with Crippen molar-refractivity contribution in [2.75, 3.05) is 20.1 Å². The van der Waals surface area contributed by atoms with Gasteiger partial charge in [0.05, 0.1) is 12.7 Å². The van der Waals surface area contributed by atoms with Crippen LogP contribution < -0.4 is 0 Å². The average Bonchev–Trinajstić information content (AvgIpc) is 3.01. The number of aryl methyl sites for hydroxylation is 1. The first kappa shape index (κ1) is 16.7. The second-order valence-electron chi connectivity index (χ2n) is 7.15. The minimum absolute atomic E-state index is 0.0649. The number of carbonyl (C=O) groups is 1. The molecule has 1 spiro atoms. The highest BCUT2D eigenvalue weighted by molar-refractivity contribution is 7.09. The largest absolute Gasteiger partial charge is 0.337 e. The maximum Gasteiger partial charge on any atom is 0.273 e. The molecule has 1 atom stereocenters. The van der Waals surface area contributed by atoms with Gasteiger partial charge in [-0.1, -0.05) is 5.21 Å². The molecule has 2 aromatic heterocycles. The zero-order valence-electron chi connectivity index (χ0n) is 14.8. The minimum Gasteiger partial charge on any atom is -0.337 e. The third kappa shape index (κ3) is 3.08. The van der Waals surface area contributed by atoms with Crippen molar-refractivity contribution in [1.29, 1.82) is 0 Å². The van der Waals surface area contributed by atoms with Crippen molar-refractivity contribution >= 4 is 17.2 Å². The normalized spacial score (nSPS) is 21.9. The van der Waals surface area contributed by atoms with Gasteiger partial charge in [0.1, 0.15) is 10.7 Å². The lowest BCUT2D eigenvalue weighted by molar-refractivity contribution is 0.0645. The van der Waals surface area contributed by atoms with E-state index < -0.39 is 0 Å². The van der Waals surface area contributed by atoms with E-state index in [0.717, 1.165) is 32.5 Å². The molecule has 25 heavy (non-hydrogen) atoms. The predicted octanol–water partition coefficient (Wildman–Crippen LogP) is 1.88. The number of rotatable bonds is 5. The first-order chi connectivity index (χ1) is 12.1. The maximum atomic E-state index is 12.7. The molecule has 1 unspecified atom stereocenters. The molecule has 7 nitrogen and oxygen atoms in total. The Kier molecular flexibility index (Phi) is 4.33. The van der Waals surface area contributed by atoms with Crippen molar-refractivity contribution in [1.82, 2.24) is 29.8 Å². The van der Waals surface area contributed by atoms with Gasteiger partial charge in [-0.2, -0.15) is 0 Å². The Balaban J connectivity index is 1.34. The molecule has 1 aliphatic carbocycles. The first-order valence-corrected chi connectivity index (χ1v) is 9.77. The summed E-state index contributed by atoms with van der Waals surface area (Å²) in [5, 5.41) is 11.1. The second-order valence-corrected chi connectivity index (χ2v) is 8.13. The number of hydrogen-bond acceptors (Lipinski definition) is 6. The lowest BCUT2D eigenvalue weighted by atomic mass is 9.92. The van der Waals surface area contributed by atoms with Crippen LogP contribution >= 0.6 is 11.3 Å². The third-order valence-electron chi connectivity index (χ3n) is 5.73. The van der Waals surface area contributed by atoms with E-state index in [-0.39, 0.29) is 5.91 Å². The van der Waals surface area contributed by atoms with E-state index in [0.29, 0.717) is 23.7 Å². The van der Waals surface area contributed by atoms with Gasteiger partial charge in [0, 0.05) is 37.3 Å². The van der Waals surface area contributed by atoms with Gasteiger partial charge >= 0.3 is 0 Å². The van der Waals surface area contributed by atoms with E-state index in [1.807, 2.05) is 23.4 Å². The SMILES string of the molecule is CCn1nncc1C(=O)N1CCC2(CC1)CC2N(C)Cc1nccs1. The van der Waals surface area contributed by atoms with Crippen LogP contribution in [-0.2, 0) is 13.1 Å². The summed E-state index contributed by atoms with van der Waals surface area (Å²) in [5.74, 6) is 0.0649. The van der Waals surface area contributed by atoms with Crippen LogP contribution in [-0.4, -0.2) is 61.9 Å². The van der Waals surface area contributed by atoms with Crippen LogP contribution in [0.1, 0.15) is 41.7 Å². The average molecular weight is 360 g/mol. The van der Waals surface area contributed by atoms with Crippen LogP contribution in [0.5, 0.6) is 0 Å². The van der Waals surface area contributed by atoms with Crippen molar-refractivity contribution in [3.63, 3.8) is 0 Å². The lowest BCUT2D eigenvalue weighted by Gasteiger charge is -2.34. The lowest BCUT2D eigenvalue weighted by Crippen LogP contribution is -2.42. The molecule has 4 rings (SSSR count). The Hall–Kier alpha value is -1.80. The fraction of sp³-hybridized carbons (Fsp3) is 0.647. The summed E-state index contributed by atoms with van der Waals surface area (Å²) in [4.78, 5) is 21.5. The Morgan fingerprint density at radius 3 is 2.92 bits per heavy atom. The quantitative estimate of drug-likeness (QED) is 0.814. The summed E-state index contributed by atoms with van der Waals surface area (Å²) in [5.41, 5.74) is 0.998. The summed E-state index contributed by atoms with van der Waals surface area (Å²) in [6.07, 6.45) is 6.86. The van der Waals surface area contributed by atoms with Crippen molar-refractivity contribution in [2.24, 2.45) is 5.41 Å². The zero-order valence-corrected chi connectivity index (χ0v) is 15.6. The Morgan fingerprint density at radius 2 is 2.24 bits per heavy atom.